The van der Waals surface area contributed by atoms with Crippen LogP contribution in [0.25, 0.3) is 11.1 Å². The second kappa shape index (κ2) is 7.33. The Morgan fingerprint density at radius 2 is 1.52 bits per heavy atom. The maximum Gasteiger partial charge on any atom is 0.414 e. The number of hydrogen-bond donors (Lipinski definition) is 1. The molecule has 2 amide bonds. The lowest BCUT2D eigenvalue weighted by atomic mass is 10.0. The third-order valence-corrected chi connectivity index (χ3v) is 4.45. The molecule has 134 valence electrons. The molecule has 1 aliphatic rings. The molecule has 4 rings (SSSR count). The summed E-state index contributed by atoms with van der Waals surface area (Å²) in [7, 11) is 0. The minimum Gasteiger partial charge on any atom is -0.447 e. The van der Waals surface area contributed by atoms with Gasteiger partial charge in [-0.3, -0.25) is 9.69 Å². The van der Waals surface area contributed by atoms with Crippen LogP contribution in [0.4, 0.5) is 16.2 Å². The highest BCUT2D eigenvalue weighted by molar-refractivity contribution is 6.04. The highest BCUT2D eigenvalue weighted by Gasteiger charge is 2.23. The van der Waals surface area contributed by atoms with Crippen molar-refractivity contribution in [1.82, 2.24) is 0 Å². The predicted molar refractivity (Wildman–Crippen MR) is 105 cm³/mol. The molecule has 3 aromatic carbocycles. The Morgan fingerprint density at radius 1 is 0.852 bits per heavy atom. The molecule has 1 fully saturated rings. The largest absolute Gasteiger partial charge is 0.447 e. The van der Waals surface area contributed by atoms with Crippen molar-refractivity contribution in [3.05, 3.63) is 84.4 Å². The molecule has 5 nitrogen and oxygen atoms in total. The average molecular weight is 358 g/mol. The number of hydrogen-bond acceptors (Lipinski definition) is 3. The molecular weight excluding hydrogens is 340 g/mol. The number of amides is 2. The van der Waals surface area contributed by atoms with Crippen molar-refractivity contribution in [2.45, 2.75) is 0 Å². The van der Waals surface area contributed by atoms with Crippen molar-refractivity contribution < 1.29 is 14.3 Å². The maximum atomic E-state index is 12.5. The van der Waals surface area contributed by atoms with E-state index in [0.29, 0.717) is 24.4 Å². The lowest BCUT2D eigenvalue weighted by Crippen LogP contribution is -2.23. The summed E-state index contributed by atoms with van der Waals surface area (Å²) in [6, 6.07) is 24.7. The monoisotopic (exact) mass is 358 g/mol. The molecule has 0 bridgehead atoms. The topological polar surface area (TPSA) is 58.6 Å². The first-order valence-corrected chi connectivity index (χ1v) is 8.72. The number of rotatable bonds is 4. The molecule has 3 aromatic rings. The van der Waals surface area contributed by atoms with Gasteiger partial charge >= 0.3 is 6.09 Å². The van der Waals surface area contributed by atoms with Crippen LogP contribution < -0.4 is 10.2 Å². The minimum atomic E-state index is -0.342. The van der Waals surface area contributed by atoms with Gasteiger partial charge in [0.15, 0.2) is 0 Å². The molecule has 0 unspecified atom stereocenters. The first-order chi connectivity index (χ1) is 13.2. The smallest absolute Gasteiger partial charge is 0.414 e. The van der Waals surface area contributed by atoms with E-state index >= 15 is 0 Å². The van der Waals surface area contributed by atoms with Crippen LogP contribution in [0.5, 0.6) is 0 Å². The molecule has 27 heavy (non-hydrogen) atoms. The average Bonchev–Trinajstić information content (AvgIpc) is 3.15. The Morgan fingerprint density at radius 3 is 2.15 bits per heavy atom. The number of cyclic esters (lactones) is 1. The summed E-state index contributed by atoms with van der Waals surface area (Å²) in [5, 5.41) is 2.87. The zero-order chi connectivity index (χ0) is 18.6. The van der Waals surface area contributed by atoms with Crippen molar-refractivity contribution in [2.75, 3.05) is 23.4 Å². The summed E-state index contributed by atoms with van der Waals surface area (Å²) in [5.74, 6) is -0.178. The number of carbonyl (C=O) groups is 2. The van der Waals surface area contributed by atoms with E-state index in [-0.39, 0.29) is 12.0 Å². The van der Waals surface area contributed by atoms with Crippen molar-refractivity contribution in [2.24, 2.45) is 0 Å². The van der Waals surface area contributed by atoms with Gasteiger partial charge in [0.25, 0.3) is 5.91 Å². The van der Waals surface area contributed by atoms with Crippen molar-refractivity contribution in [1.29, 1.82) is 0 Å². The minimum absolute atomic E-state index is 0.178. The molecule has 1 saturated heterocycles. The molecule has 0 aliphatic carbocycles. The molecule has 0 atom stereocenters. The standard InChI is InChI=1S/C22H18N2O3/c25-21(18-8-6-17(7-9-18)16-4-2-1-3-5-16)23-19-10-12-20(13-11-19)24-14-15-27-22(24)26/h1-13H,14-15H2,(H,23,25). The van der Waals surface area contributed by atoms with Crippen LogP contribution in [0.3, 0.4) is 0 Å². The fourth-order valence-corrected chi connectivity index (χ4v) is 3.00. The van der Waals surface area contributed by atoms with Crippen LogP contribution in [0.1, 0.15) is 10.4 Å². The van der Waals surface area contributed by atoms with Gasteiger partial charge < -0.3 is 10.1 Å². The second-order valence-corrected chi connectivity index (χ2v) is 6.21. The Labute approximate surface area is 157 Å². The van der Waals surface area contributed by atoms with Gasteiger partial charge in [-0.25, -0.2) is 4.79 Å². The van der Waals surface area contributed by atoms with E-state index in [1.807, 2.05) is 54.6 Å². The van der Waals surface area contributed by atoms with Crippen LogP contribution in [0.2, 0.25) is 0 Å². The Bertz CT molecular complexity index is 951. The van der Waals surface area contributed by atoms with Crippen molar-refractivity contribution in [3.8, 4) is 11.1 Å². The van der Waals surface area contributed by atoms with Gasteiger partial charge in [-0.15, -0.1) is 0 Å². The summed E-state index contributed by atoms with van der Waals surface area (Å²) in [6.07, 6.45) is -0.342. The molecule has 1 heterocycles. The van der Waals surface area contributed by atoms with E-state index in [0.717, 1.165) is 16.8 Å². The molecule has 1 aliphatic heterocycles. The number of nitrogens with zero attached hydrogens (tertiary/aromatic N) is 1. The lowest BCUT2D eigenvalue weighted by molar-refractivity contribution is 0.102. The van der Waals surface area contributed by atoms with Gasteiger partial charge in [0.1, 0.15) is 6.61 Å². The van der Waals surface area contributed by atoms with Crippen LogP contribution in [-0.2, 0) is 4.74 Å². The molecule has 0 spiro atoms. The molecule has 0 saturated carbocycles. The zero-order valence-electron chi connectivity index (χ0n) is 14.6. The Kier molecular flexibility index (Phi) is 4.58. The molecule has 5 heteroatoms. The van der Waals surface area contributed by atoms with Gasteiger partial charge in [-0.2, -0.15) is 0 Å². The fourth-order valence-electron chi connectivity index (χ4n) is 3.00. The summed E-state index contributed by atoms with van der Waals surface area (Å²) in [4.78, 5) is 25.6. The SMILES string of the molecule is O=C(Nc1ccc(N2CCOC2=O)cc1)c1ccc(-c2ccccc2)cc1. The fraction of sp³-hybridized carbons (Fsp3) is 0.0909. The van der Waals surface area contributed by atoms with E-state index < -0.39 is 0 Å². The maximum absolute atomic E-state index is 12.5. The number of carbonyl (C=O) groups excluding carboxylic acids is 2. The zero-order valence-corrected chi connectivity index (χ0v) is 14.6. The van der Waals surface area contributed by atoms with Crippen LogP contribution in [0, 0.1) is 0 Å². The number of anilines is 2. The van der Waals surface area contributed by atoms with Crippen molar-refractivity contribution >= 4 is 23.4 Å². The molecule has 0 radical (unpaired) electrons. The quantitative estimate of drug-likeness (QED) is 0.744. The first-order valence-electron chi connectivity index (χ1n) is 8.72. The van der Waals surface area contributed by atoms with Gasteiger partial charge in [-0.05, 0) is 47.5 Å². The van der Waals surface area contributed by atoms with E-state index in [9.17, 15) is 9.59 Å². The predicted octanol–water partition coefficient (Wildman–Crippen LogP) is 4.56. The highest BCUT2D eigenvalue weighted by Crippen LogP contribution is 2.22. The third-order valence-electron chi connectivity index (χ3n) is 4.45. The van der Waals surface area contributed by atoms with Gasteiger partial charge in [0.05, 0.1) is 6.54 Å². The normalized spacial score (nSPS) is 13.3. The molecular formula is C22H18N2O3. The van der Waals surface area contributed by atoms with Crippen molar-refractivity contribution in [3.63, 3.8) is 0 Å². The highest BCUT2D eigenvalue weighted by atomic mass is 16.6. The Balaban J connectivity index is 1.43. The number of nitrogens with one attached hydrogen (secondary N) is 1. The van der Waals surface area contributed by atoms with E-state index in [4.69, 9.17) is 4.74 Å². The third kappa shape index (κ3) is 3.67. The molecule has 0 aromatic heterocycles. The van der Waals surface area contributed by atoms with Gasteiger partial charge in [-0.1, -0.05) is 42.5 Å². The van der Waals surface area contributed by atoms with E-state index in [1.54, 1.807) is 29.2 Å². The second-order valence-electron chi connectivity index (χ2n) is 6.21. The summed E-state index contributed by atoms with van der Waals surface area (Å²) >= 11 is 0. The Hall–Kier alpha value is -3.60. The molecule has 1 N–H and O–H groups in total. The lowest BCUT2D eigenvalue weighted by Gasteiger charge is -2.13. The van der Waals surface area contributed by atoms with Gasteiger partial charge in [0.2, 0.25) is 0 Å². The number of ether oxygens (including phenoxy) is 1. The van der Waals surface area contributed by atoms with Crippen LogP contribution in [-0.4, -0.2) is 25.2 Å². The summed E-state index contributed by atoms with van der Waals surface area (Å²) in [5.41, 5.74) is 4.18. The first kappa shape index (κ1) is 16.8. The van der Waals surface area contributed by atoms with E-state index in [2.05, 4.69) is 5.32 Å². The summed E-state index contributed by atoms with van der Waals surface area (Å²) in [6.45, 7) is 0.939. The number of benzene rings is 3. The van der Waals surface area contributed by atoms with Crippen LogP contribution in [0.15, 0.2) is 78.9 Å². The summed E-state index contributed by atoms with van der Waals surface area (Å²) < 4.78 is 4.93. The van der Waals surface area contributed by atoms with Gasteiger partial charge in [0, 0.05) is 16.9 Å². The van der Waals surface area contributed by atoms with Crippen LogP contribution >= 0.6 is 0 Å². The van der Waals surface area contributed by atoms with E-state index in [1.165, 1.54) is 0 Å².